The highest BCUT2D eigenvalue weighted by molar-refractivity contribution is 5.98. The Morgan fingerprint density at radius 3 is 2.65 bits per heavy atom. The van der Waals surface area contributed by atoms with E-state index in [1.54, 1.807) is 18.2 Å². The van der Waals surface area contributed by atoms with Crippen molar-refractivity contribution in [3.05, 3.63) is 29.8 Å². The lowest BCUT2D eigenvalue weighted by Gasteiger charge is -2.15. The molecule has 1 aromatic carbocycles. The summed E-state index contributed by atoms with van der Waals surface area (Å²) < 4.78 is 40.6. The number of hydrogen-bond donors (Lipinski definition) is 2. The van der Waals surface area contributed by atoms with Gasteiger partial charge in [-0.1, -0.05) is 6.07 Å². The van der Waals surface area contributed by atoms with Crippen LogP contribution in [0.3, 0.4) is 0 Å². The number of hydrogen-bond acceptors (Lipinski definition) is 3. The molecule has 0 aromatic heterocycles. The molecule has 126 valence electrons. The molecule has 1 aliphatic rings. The fourth-order valence-corrected chi connectivity index (χ4v) is 1.77. The average molecular weight is 330 g/mol. The molecule has 2 amide bonds. The maximum atomic E-state index is 12.1. The van der Waals surface area contributed by atoms with Crippen molar-refractivity contribution in [2.45, 2.75) is 38.1 Å². The Hall–Kier alpha value is -2.09. The highest BCUT2D eigenvalue weighted by Gasteiger charge is 2.30. The van der Waals surface area contributed by atoms with Crippen LogP contribution in [0.4, 0.5) is 18.9 Å². The van der Waals surface area contributed by atoms with Crippen LogP contribution >= 0.6 is 0 Å². The molecular weight excluding hydrogens is 313 g/mol. The second-order valence-electron chi connectivity index (χ2n) is 5.39. The van der Waals surface area contributed by atoms with Crippen molar-refractivity contribution in [3.63, 3.8) is 0 Å². The fourth-order valence-electron chi connectivity index (χ4n) is 1.77. The Morgan fingerprint density at radius 1 is 1.35 bits per heavy atom. The number of halogens is 3. The summed E-state index contributed by atoms with van der Waals surface area (Å²) in [6.45, 7) is -0.268. The van der Waals surface area contributed by atoms with Gasteiger partial charge >= 0.3 is 6.18 Å². The minimum atomic E-state index is -4.49. The maximum Gasteiger partial charge on any atom is 0.411 e. The third-order valence-corrected chi connectivity index (χ3v) is 3.17. The van der Waals surface area contributed by atoms with Gasteiger partial charge in [-0.25, -0.2) is 0 Å². The van der Waals surface area contributed by atoms with Crippen molar-refractivity contribution in [3.8, 4) is 0 Å². The minimum Gasteiger partial charge on any atom is -0.359 e. The zero-order valence-corrected chi connectivity index (χ0v) is 12.4. The van der Waals surface area contributed by atoms with Gasteiger partial charge in [-0.2, -0.15) is 13.2 Å². The Balaban J connectivity index is 1.91. The summed E-state index contributed by atoms with van der Waals surface area (Å²) in [7, 11) is 0. The topological polar surface area (TPSA) is 67.4 Å². The fraction of sp³-hybridized carbons (Fsp3) is 0.467. The van der Waals surface area contributed by atoms with Gasteiger partial charge in [0.15, 0.2) is 0 Å². The van der Waals surface area contributed by atoms with Gasteiger partial charge < -0.3 is 15.4 Å². The van der Waals surface area contributed by atoms with Crippen LogP contribution in [-0.2, 0) is 9.53 Å². The number of nitrogens with one attached hydrogen (secondary N) is 2. The standard InChI is InChI=1S/C15H17F3N2O3/c1-9(23-8-15(16,17)18)13(21)20-12-4-2-3-10(7-12)14(22)19-11-5-6-11/h2-4,7,9,11H,5-6,8H2,1H3,(H,19,22)(H,20,21)/t9-/m0/s1. The molecule has 0 unspecified atom stereocenters. The van der Waals surface area contributed by atoms with Crippen LogP contribution in [0.25, 0.3) is 0 Å². The normalized spacial score (nSPS) is 15.8. The van der Waals surface area contributed by atoms with Gasteiger partial charge in [-0.15, -0.1) is 0 Å². The summed E-state index contributed by atoms with van der Waals surface area (Å²) in [5.74, 6) is -0.959. The molecule has 0 heterocycles. The maximum absolute atomic E-state index is 12.1. The third-order valence-electron chi connectivity index (χ3n) is 3.17. The molecule has 0 bridgehead atoms. The highest BCUT2D eigenvalue weighted by atomic mass is 19.4. The minimum absolute atomic E-state index is 0.205. The van der Waals surface area contributed by atoms with Gasteiger partial charge in [0.1, 0.15) is 12.7 Å². The molecule has 2 rings (SSSR count). The second-order valence-corrected chi connectivity index (χ2v) is 5.39. The van der Waals surface area contributed by atoms with Crippen LogP contribution in [0.15, 0.2) is 24.3 Å². The molecule has 5 nitrogen and oxygen atoms in total. The number of alkyl halides is 3. The Kier molecular flexibility index (Phi) is 5.25. The first-order valence-corrected chi connectivity index (χ1v) is 7.15. The van der Waals surface area contributed by atoms with Gasteiger partial charge in [0.2, 0.25) is 0 Å². The van der Waals surface area contributed by atoms with Crippen molar-refractivity contribution >= 4 is 17.5 Å². The molecule has 1 aromatic rings. The number of carbonyl (C=O) groups excluding carboxylic acids is 2. The summed E-state index contributed by atoms with van der Waals surface area (Å²) in [6, 6.07) is 6.39. The van der Waals surface area contributed by atoms with Crippen LogP contribution in [0, 0.1) is 0 Å². The molecular formula is C15H17F3N2O3. The molecule has 0 spiro atoms. The van der Waals surface area contributed by atoms with Crippen LogP contribution < -0.4 is 10.6 Å². The van der Waals surface area contributed by atoms with Gasteiger partial charge in [0.25, 0.3) is 11.8 Å². The van der Waals surface area contributed by atoms with E-state index in [9.17, 15) is 22.8 Å². The van der Waals surface area contributed by atoms with Crippen LogP contribution in [0.2, 0.25) is 0 Å². The molecule has 0 saturated heterocycles. The molecule has 1 fully saturated rings. The summed E-state index contributed by atoms with van der Waals surface area (Å²) in [5, 5.41) is 5.24. The molecule has 1 saturated carbocycles. The number of anilines is 1. The van der Waals surface area contributed by atoms with Crippen molar-refractivity contribution in [2.24, 2.45) is 0 Å². The summed E-state index contributed by atoms with van der Waals surface area (Å²) >= 11 is 0. The molecule has 0 radical (unpaired) electrons. The van der Waals surface area contributed by atoms with Crippen molar-refractivity contribution in [1.82, 2.24) is 5.32 Å². The van der Waals surface area contributed by atoms with Gasteiger partial charge in [-0.3, -0.25) is 9.59 Å². The summed E-state index contributed by atoms with van der Waals surface area (Å²) in [5.41, 5.74) is 0.694. The van der Waals surface area contributed by atoms with Crippen molar-refractivity contribution in [1.29, 1.82) is 0 Å². The first kappa shape index (κ1) is 17.3. The van der Waals surface area contributed by atoms with E-state index < -0.39 is 24.8 Å². The Labute approximate surface area is 131 Å². The summed E-state index contributed by atoms with van der Waals surface area (Å²) in [6.07, 6.45) is -3.84. The number of carbonyl (C=O) groups is 2. The third kappa shape index (κ3) is 5.90. The lowest BCUT2D eigenvalue weighted by atomic mass is 10.2. The van der Waals surface area contributed by atoms with E-state index >= 15 is 0 Å². The zero-order valence-electron chi connectivity index (χ0n) is 12.4. The predicted octanol–water partition coefficient (Wildman–Crippen LogP) is 2.48. The van der Waals surface area contributed by atoms with Crippen molar-refractivity contribution in [2.75, 3.05) is 11.9 Å². The van der Waals surface area contributed by atoms with E-state index in [0.29, 0.717) is 11.3 Å². The lowest BCUT2D eigenvalue weighted by molar-refractivity contribution is -0.184. The smallest absolute Gasteiger partial charge is 0.359 e. The van der Waals surface area contributed by atoms with Crippen LogP contribution in [0.1, 0.15) is 30.1 Å². The lowest BCUT2D eigenvalue weighted by Crippen LogP contribution is -2.31. The number of benzene rings is 1. The monoisotopic (exact) mass is 330 g/mol. The van der Waals surface area contributed by atoms with Gasteiger partial charge in [0.05, 0.1) is 0 Å². The average Bonchev–Trinajstić information content (AvgIpc) is 3.28. The number of amides is 2. The highest BCUT2D eigenvalue weighted by Crippen LogP contribution is 2.20. The predicted molar refractivity (Wildman–Crippen MR) is 77.0 cm³/mol. The molecule has 8 heteroatoms. The molecule has 1 aliphatic carbocycles. The van der Waals surface area contributed by atoms with Crippen LogP contribution in [0.5, 0.6) is 0 Å². The first-order valence-electron chi connectivity index (χ1n) is 7.15. The summed E-state index contributed by atoms with van der Waals surface area (Å²) in [4.78, 5) is 23.7. The van der Waals surface area contributed by atoms with E-state index in [4.69, 9.17) is 0 Å². The molecule has 1 atom stereocenters. The number of ether oxygens (including phenoxy) is 1. The van der Waals surface area contributed by atoms with E-state index in [0.717, 1.165) is 12.8 Å². The van der Waals surface area contributed by atoms with Crippen LogP contribution in [-0.4, -0.2) is 36.7 Å². The molecule has 0 aliphatic heterocycles. The SMILES string of the molecule is C[C@H](OCC(F)(F)F)C(=O)Nc1cccc(C(=O)NC2CC2)c1. The quantitative estimate of drug-likeness (QED) is 0.842. The Bertz CT molecular complexity index is 586. The Morgan fingerprint density at radius 2 is 2.04 bits per heavy atom. The van der Waals surface area contributed by atoms with Gasteiger partial charge in [0, 0.05) is 17.3 Å². The van der Waals surface area contributed by atoms with E-state index in [1.165, 1.54) is 13.0 Å². The zero-order chi connectivity index (χ0) is 17.0. The second kappa shape index (κ2) is 6.99. The van der Waals surface area contributed by atoms with E-state index in [-0.39, 0.29) is 11.9 Å². The van der Waals surface area contributed by atoms with E-state index in [1.807, 2.05) is 0 Å². The number of rotatable bonds is 6. The van der Waals surface area contributed by atoms with E-state index in [2.05, 4.69) is 15.4 Å². The molecule has 2 N–H and O–H groups in total. The molecule has 23 heavy (non-hydrogen) atoms. The van der Waals surface area contributed by atoms with Gasteiger partial charge in [-0.05, 0) is 38.0 Å². The van der Waals surface area contributed by atoms with Crippen molar-refractivity contribution < 1.29 is 27.5 Å². The first-order chi connectivity index (χ1) is 10.7. The largest absolute Gasteiger partial charge is 0.411 e.